The molecule has 3 aromatic rings. The maximum Gasteiger partial charge on any atom is 0.573 e. The van der Waals surface area contributed by atoms with Crippen molar-refractivity contribution in [2.24, 2.45) is 0 Å². The molecule has 2 N–H and O–H groups in total. The Morgan fingerprint density at radius 2 is 1.86 bits per heavy atom. The van der Waals surface area contributed by atoms with E-state index in [1.54, 1.807) is 12.0 Å². The lowest BCUT2D eigenvalue weighted by Crippen LogP contribution is -2.38. The highest BCUT2D eigenvalue weighted by Crippen LogP contribution is 2.31. The van der Waals surface area contributed by atoms with Gasteiger partial charge in [-0.05, 0) is 42.5 Å². The molecule has 2 heterocycles. The topological polar surface area (TPSA) is 66.6 Å². The summed E-state index contributed by atoms with van der Waals surface area (Å²) in [5.41, 5.74) is 3.49. The average Bonchev–Trinajstić information content (AvgIpc) is 3.05. The highest BCUT2D eigenvalue weighted by molar-refractivity contribution is 5.91. The summed E-state index contributed by atoms with van der Waals surface area (Å²) in [6, 6.07) is 10.5. The van der Waals surface area contributed by atoms with Crippen LogP contribution < -0.4 is 14.8 Å². The third kappa shape index (κ3) is 4.08. The Hall–Kier alpha value is -3.36. The summed E-state index contributed by atoms with van der Waals surface area (Å²) in [7, 11) is 1.60. The second kappa shape index (κ2) is 7.23. The van der Waals surface area contributed by atoms with E-state index in [1.165, 1.54) is 12.1 Å². The van der Waals surface area contributed by atoms with E-state index >= 15 is 0 Å². The molecule has 0 saturated carbocycles. The van der Waals surface area contributed by atoms with Gasteiger partial charge in [-0.3, -0.25) is 0 Å². The van der Waals surface area contributed by atoms with Crippen LogP contribution in [-0.4, -0.2) is 35.9 Å². The highest BCUT2D eigenvalue weighted by atomic mass is 19.4. The monoisotopic (exact) mass is 405 g/mol. The minimum absolute atomic E-state index is 0.322. The van der Waals surface area contributed by atoms with Crippen molar-refractivity contribution in [3.8, 4) is 11.5 Å². The summed E-state index contributed by atoms with van der Waals surface area (Å²) in [4.78, 5) is 17.7. The quantitative estimate of drug-likeness (QED) is 0.666. The largest absolute Gasteiger partial charge is 0.573 e. The number of halogens is 3. The molecule has 0 bridgehead atoms. The first-order valence-corrected chi connectivity index (χ1v) is 8.91. The van der Waals surface area contributed by atoms with Crippen LogP contribution in [0.1, 0.15) is 11.3 Å². The molecule has 0 aliphatic carbocycles. The zero-order valence-electron chi connectivity index (χ0n) is 15.5. The number of hydrogen-bond donors (Lipinski definition) is 2. The number of methoxy groups -OCH3 is 1. The highest BCUT2D eigenvalue weighted by Gasteiger charge is 2.31. The van der Waals surface area contributed by atoms with Crippen LogP contribution in [0.4, 0.5) is 23.7 Å². The van der Waals surface area contributed by atoms with E-state index < -0.39 is 6.36 Å². The number of anilines is 1. The number of H-pyrrole nitrogens is 1. The molecule has 1 aliphatic heterocycles. The first kappa shape index (κ1) is 19.0. The number of hydrogen-bond acceptors (Lipinski definition) is 3. The fraction of sp³-hybridized carbons (Fsp3) is 0.250. The lowest BCUT2D eigenvalue weighted by Gasteiger charge is -2.27. The minimum atomic E-state index is -4.75. The van der Waals surface area contributed by atoms with Gasteiger partial charge in [0.05, 0.1) is 7.11 Å². The van der Waals surface area contributed by atoms with Gasteiger partial charge >= 0.3 is 12.4 Å². The standard InChI is InChI=1S/C20H18F3N3O3/c1-28-14-6-7-17-15(10-14)16-11-26(9-8-18(16)25-17)19(27)24-12-2-4-13(5-3-12)29-20(21,22)23/h2-7,10,25H,8-9,11H2,1H3,(H,24,27). The van der Waals surface area contributed by atoms with E-state index in [-0.39, 0.29) is 11.8 Å². The summed E-state index contributed by atoms with van der Waals surface area (Å²) in [5.74, 6) is 0.396. The van der Waals surface area contributed by atoms with Gasteiger partial charge in [0.1, 0.15) is 11.5 Å². The van der Waals surface area contributed by atoms with E-state index in [2.05, 4.69) is 15.0 Å². The molecule has 0 spiro atoms. The van der Waals surface area contributed by atoms with Gasteiger partial charge in [0.25, 0.3) is 0 Å². The molecule has 6 nitrogen and oxygen atoms in total. The number of fused-ring (bicyclic) bond motifs is 3. The number of nitrogens with one attached hydrogen (secondary N) is 2. The van der Waals surface area contributed by atoms with E-state index in [1.807, 2.05) is 18.2 Å². The molecule has 29 heavy (non-hydrogen) atoms. The molecular weight excluding hydrogens is 387 g/mol. The summed E-state index contributed by atoms with van der Waals surface area (Å²) in [6.45, 7) is 0.946. The third-order valence-corrected chi connectivity index (χ3v) is 4.81. The minimum Gasteiger partial charge on any atom is -0.497 e. The number of nitrogens with zero attached hydrogens (tertiary/aromatic N) is 1. The van der Waals surface area contributed by atoms with E-state index in [0.29, 0.717) is 25.2 Å². The second-order valence-electron chi connectivity index (χ2n) is 6.67. The Bertz CT molecular complexity index is 1040. The van der Waals surface area contributed by atoms with Gasteiger partial charge in [0.2, 0.25) is 0 Å². The summed E-state index contributed by atoms with van der Waals surface area (Å²) >= 11 is 0. The molecule has 0 unspecified atom stereocenters. The van der Waals surface area contributed by atoms with Gasteiger partial charge in [-0.2, -0.15) is 0 Å². The lowest BCUT2D eigenvalue weighted by atomic mass is 10.0. The molecule has 0 fully saturated rings. The van der Waals surface area contributed by atoms with Gasteiger partial charge < -0.3 is 24.7 Å². The van der Waals surface area contributed by atoms with Crippen LogP contribution in [0.3, 0.4) is 0 Å². The Morgan fingerprint density at radius 1 is 1.14 bits per heavy atom. The van der Waals surface area contributed by atoms with Crippen molar-refractivity contribution in [3.63, 3.8) is 0 Å². The van der Waals surface area contributed by atoms with Crippen LogP contribution in [0, 0.1) is 0 Å². The fourth-order valence-corrected chi connectivity index (χ4v) is 3.44. The van der Waals surface area contributed by atoms with Crippen LogP contribution in [0.2, 0.25) is 0 Å². The average molecular weight is 405 g/mol. The van der Waals surface area contributed by atoms with Gasteiger partial charge in [0.15, 0.2) is 0 Å². The predicted octanol–water partition coefficient (Wildman–Crippen LogP) is 4.67. The molecule has 1 aromatic heterocycles. The lowest BCUT2D eigenvalue weighted by molar-refractivity contribution is -0.274. The van der Waals surface area contributed by atoms with Crippen molar-refractivity contribution >= 4 is 22.6 Å². The fourth-order valence-electron chi connectivity index (χ4n) is 3.44. The Morgan fingerprint density at radius 3 is 2.55 bits per heavy atom. The molecule has 4 rings (SSSR count). The Kier molecular flexibility index (Phi) is 4.73. The SMILES string of the molecule is COc1ccc2[nH]c3c(c2c1)CN(C(=O)Nc1ccc(OC(F)(F)F)cc1)CC3. The Labute approximate surface area is 164 Å². The summed E-state index contributed by atoms with van der Waals surface area (Å²) in [6.07, 6.45) is -4.07. The number of urea groups is 1. The van der Waals surface area contributed by atoms with E-state index in [4.69, 9.17) is 4.74 Å². The van der Waals surface area contributed by atoms with Gasteiger partial charge in [0, 0.05) is 47.4 Å². The predicted molar refractivity (Wildman–Crippen MR) is 101 cm³/mol. The van der Waals surface area contributed by atoms with Crippen LogP contribution in [-0.2, 0) is 13.0 Å². The number of ether oxygens (including phenoxy) is 2. The van der Waals surface area contributed by atoms with Gasteiger partial charge in [-0.25, -0.2) is 4.79 Å². The number of carbonyl (C=O) groups is 1. The molecule has 9 heteroatoms. The maximum atomic E-state index is 12.6. The van der Waals surface area contributed by atoms with Crippen molar-refractivity contribution < 1.29 is 27.4 Å². The molecule has 0 saturated heterocycles. The molecule has 152 valence electrons. The number of benzene rings is 2. The molecule has 2 aromatic carbocycles. The number of alkyl halides is 3. The number of carbonyl (C=O) groups excluding carboxylic acids is 1. The van der Waals surface area contributed by atoms with Crippen molar-refractivity contribution in [1.29, 1.82) is 0 Å². The maximum absolute atomic E-state index is 12.6. The molecular formula is C20H18F3N3O3. The normalized spacial score (nSPS) is 13.9. The van der Waals surface area contributed by atoms with Gasteiger partial charge in [-0.1, -0.05) is 0 Å². The van der Waals surface area contributed by atoms with Crippen molar-refractivity contribution in [1.82, 2.24) is 9.88 Å². The molecule has 2 amide bonds. The molecule has 0 radical (unpaired) electrons. The van der Waals surface area contributed by atoms with Crippen LogP contribution in [0.15, 0.2) is 42.5 Å². The third-order valence-electron chi connectivity index (χ3n) is 4.81. The first-order valence-electron chi connectivity index (χ1n) is 8.91. The van der Waals surface area contributed by atoms with Crippen molar-refractivity contribution in [3.05, 3.63) is 53.7 Å². The van der Waals surface area contributed by atoms with Crippen LogP contribution in [0.5, 0.6) is 11.5 Å². The van der Waals surface area contributed by atoms with E-state index in [9.17, 15) is 18.0 Å². The van der Waals surface area contributed by atoms with E-state index in [0.717, 1.165) is 40.0 Å². The second-order valence-corrected chi connectivity index (χ2v) is 6.67. The van der Waals surface area contributed by atoms with Crippen LogP contribution in [0.25, 0.3) is 10.9 Å². The zero-order valence-corrected chi connectivity index (χ0v) is 15.5. The van der Waals surface area contributed by atoms with Crippen LogP contribution >= 0.6 is 0 Å². The summed E-state index contributed by atoms with van der Waals surface area (Å²) in [5, 5.41) is 3.72. The molecule has 0 atom stereocenters. The number of rotatable bonds is 3. The number of aromatic amines is 1. The Balaban J connectivity index is 1.47. The smallest absolute Gasteiger partial charge is 0.497 e. The van der Waals surface area contributed by atoms with Crippen molar-refractivity contribution in [2.75, 3.05) is 19.0 Å². The number of aromatic nitrogens is 1. The number of amides is 2. The first-order chi connectivity index (χ1) is 13.8. The van der Waals surface area contributed by atoms with Gasteiger partial charge in [-0.15, -0.1) is 13.2 Å². The molecule has 1 aliphatic rings. The summed E-state index contributed by atoms with van der Waals surface area (Å²) < 4.78 is 45.8. The van der Waals surface area contributed by atoms with Crippen molar-refractivity contribution in [2.45, 2.75) is 19.3 Å². The zero-order chi connectivity index (χ0) is 20.6.